The molecule has 1 aliphatic carbocycles. The zero-order chi connectivity index (χ0) is 15.0. The molecule has 4 nitrogen and oxygen atoms in total. The Kier molecular flexibility index (Phi) is 3.43. The van der Waals surface area contributed by atoms with Gasteiger partial charge in [-0.2, -0.15) is 4.98 Å². The van der Waals surface area contributed by atoms with Gasteiger partial charge in [-0.05, 0) is 49.3 Å². The molecule has 1 aliphatic rings. The van der Waals surface area contributed by atoms with Crippen LogP contribution in [0.4, 0.5) is 10.1 Å². The van der Waals surface area contributed by atoms with E-state index in [1.807, 2.05) is 0 Å². The molecule has 2 N–H and O–H groups in total. The lowest BCUT2D eigenvalue weighted by Gasteiger charge is -2.32. The van der Waals surface area contributed by atoms with Crippen molar-refractivity contribution in [3.63, 3.8) is 0 Å². The number of aromatic nitrogens is 2. The van der Waals surface area contributed by atoms with E-state index in [1.165, 1.54) is 18.2 Å². The fraction of sp³-hybridized carbons (Fsp3) is 0.500. The van der Waals surface area contributed by atoms with E-state index < -0.39 is 5.82 Å². The summed E-state index contributed by atoms with van der Waals surface area (Å²) < 4.78 is 19.1. The highest BCUT2D eigenvalue weighted by Gasteiger charge is 2.30. The molecule has 2 aromatic rings. The van der Waals surface area contributed by atoms with E-state index in [0.29, 0.717) is 22.8 Å². The summed E-state index contributed by atoms with van der Waals surface area (Å²) in [6, 6.07) is 4.35. The second-order valence-electron chi connectivity index (χ2n) is 6.64. The third kappa shape index (κ3) is 2.91. The Hall–Kier alpha value is -1.91. The number of anilines is 1. The molecule has 5 heteroatoms. The van der Waals surface area contributed by atoms with Crippen LogP contribution in [0.5, 0.6) is 0 Å². The van der Waals surface area contributed by atoms with Gasteiger partial charge in [0.1, 0.15) is 5.82 Å². The fourth-order valence-electron chi connectivity index (χ4n) is 2.87. The van der Waals surface area contributed by atoms with Crippen molar-refractivity contribution in [3.05, 3.63) is 29.8 Å². The lowest BCUT2D eigenvalue weighted by Crippen LogP contribution is -2.20. The molecule has 0 aliphatic heterocycles. The Balaban J connectivity index is 1.82. The summed E-state index contributed by atoms with van der Waals surface area (Å²) in [6.07, 6.45) is 4.39. The Labute approximate surface area is 123 Å². The maximum Gasteiger partial charge on any atom is 0.260 e. The summed E-state index contributed by atoms with van der Waals surface area (Å²) in [5, 5.41) is 4.04. The van der Waals surface area contributed by atoms with Crippen molar-refractivity contribution in [3.8, 4) is 11.5 Å². The molecule has 0 spiro atoms. The molecule has 0 saturated heterocycles. The van der Waals surface area contributed by atoms with Crippen molar-refractivity contribution >= 4 is 5.69 Å². The average molecular weight is 289 g/mol. The molecule has 0 unspecified atom stereocenters. The Morgan fingerprint density at radius 3 is 2.71 bits per heavy atom. The molecule has 112 valence electrons. The molecule has 0 amide bonds. The van der Waals surface area contributed by atoms with Gasteiger partial charge in [0.05, 0.1) is 5.56 Å². The second kappa shape index (κ2) is 5.13. The smallest absolute Gasteiger partial charge is 0.260 e. The molecule has 1 saturated carbocycles. The van der Waals surface area contributed by atoms with Crippen LogP contribution in [0, 0.1) is 11.2 Å². The first-order chi connectivity index (χ1) is 9.94. The molecule has 21 heavy (non-hydrogen) atoms. The number of nitrogens with zero attached hydrogens (tertiary/aromatic N) is 2. The van der Waals surface area contributed by atoms with Gasteiger partial charge in [0.2, 0.25) is 0 Å². The van der Waals surface area contributed by atoms with Crippen LogP contribution in [0.2, 0.25) is 0 Å². The first kappa shape index (κ1) is 14.0. The predicted octanol–water partition coefficient (Wildman–Crippen LogP) is 4.14. The maximum atomic E-state index is 13.8. The summed E-state index contributed by atoms with van der Waals surface area (Å²) in [5.74, 6) is 0.797. The number of hydrogen-bond donors (Lipinski definition) is 1. The molecule has 0 bridgehead atoms. The van der Waals surface area contributed by atoms with Crippen molar-refractivity contribution in [2.45, 2.75) is 45.4 Å². The quantitative estimate of drug-likeness (QED) is 0.844. The third-order valence-corrected chi connectivity index (χ3v) is 4.37. The molecule has 3 rings (SSSR count). The van der Waals surface area contributed by atoms with Gasteiger partial charge in [0.15, 0.2) is 5.82 Å². The zero-order valence-electron chi connectivity index (χ0n) is 12.4. The standard InChI is InChI=1S/C16H20FN3O/c1-16(2)7-5-10(6-8-16)14-19-15(21-20-14)12-9-11(18)3-4-13(12)17/h3-4,9-10H,5-8,18H2,1-2H3. The summed E-state index contributed by atoms with van der Waals surface area (Å²) in [6.45, 7) is 4.57. The van der Waals surface area contributed by atoms with Crippen molar-refractivity contribution < 1.29 is 8.91 Å². The van der Waals surface area contributed by atoms with Gasteiger partial charge >= 0.3 is 0 Å². The van der Waals surface area contributed by atoms with Gasteiger partial charge in [-0.25, -0.2) is 4.39 Å². The molecular formula is C16H20FN3O. The van der Waals surface area contributed by atoms with Gasteiger partial charge < -0.3 is 10.3 Å². The van der Waals surface area contributed by atoms with Crippen LogP contribution in [0.1, 0.15) is 51.3 Å². The molecule has 1 fully saturated rings. The number of benzene rings is 1. The van der Waals surface area contributed by atoms with Crippen LogP contribution < -0.4 is 5.73 Å². The van der Waals surface area contributed by atoms with Gasteiger partial charge in [0.25, 0.3) is 5.89 Å². The van der Waals surface area contributed by atoms with Crippen LogP contribution >= 0.6 is 0 Å². The van der Waals surface area contributed by atoms with Crippen molar-refractivity contribution in [1.82, 2.24) is 10.1 Å². The van der Waals surface area contributed by atoms with Crippen molar-refractivity contribution in [2.75, 3.05) is 5.73 Å². The fourth-order valence-corrected chi connectivity index (χ4v) is 2.87. The first-order valence-corrected chi connectivity index (χ1v) is 7.34. The number of nitrogen functional groups attached to an aromatic ring is 1. The van der Waals surface area contributed by atoms with Crippen molar-refractivity contribution in [2.24, 2.45) is 5.41 Å². The second-order valence-corrected chi connectivity index (χ2v) is 6.64. The van der Waals surface area contributed by atoms with E-state index in [-0.39, 0.29) is 11.5 Å². The average Bonchev–Trinajstić information content (AvgIpc) is 2.91. The van der Waals surface area contributed by atoms with E-state index in [9.17, 15) is 4.39 Å². The van der Waals surface area contributed by atoms with E-state index in [2.05, 4.69) is 24.0 Å². The van der Waals surface area contributed by atoms with Crippen LogP contribution in [0.3, 0.4) is 0 Å². The summed E-state index contributed by atoms with van der Waals surface area (Å²) >= 11 is 0. The highest BCUT2D eigenvalue weighted by atomic mass is 19.1. The van der Waals surface area contributed by atoms with E-state index >= 15 is 0 Å². The van der Waals surface area contributed by atoms with Gasteiger partial charge in [-0.3, -0.25) is 0 Å². The number of nitrogens with two attached hydrogens (primary N) is 1. The summed E-state index contributed by atoms with van der Waals surface area (Å²) in [5.41, 5.74) is 6.83. The summed E-state index contributed by atoms with van der Waals surface area (Å²) in [4.78, 5) is 4.38. The minimum Gasteiger partial charge on any atom is -0.399 e. The first-order valence-electron chi connectivity index (χ1n) is 7.34. The van der Waals surface area contributed by atoms with Crippen molar-refractivity contribution in [1.29, 1.82) is 0 Å². The van der Waals surface area contributed by atoms with Crippen LogP contribution in [0.15, 0.2) is 22.7 Å². The van der Waals surface area contributed by atoms with E-state index in [1.54, 1.807) is 0 Å². The van der Waals surface area contributed by atoms with Gasteiger partial charge in [0, 0.05) is 11.6 Å². The minimum absolute atomic E-state index is 0.208. The SMILES string of the molecule is CC1(C)CCC(c2noc(-c3cc(N)ccc3F)n2)CC1. The largest absolute Gasteiger partial charge is 0.399 e. The summed E-state index contributed by atoms with van der Waals surface area (Å²) in [7, 11) is 0. The Bertz CT molecular complexity index is 641. The number of halogens is 1. The molecule has 1 aromatic heterocycles. The zero-order valence-corrected chi connectivity index (χ0v) is 12.4. The van der Waals surface area contributed by atoms with Crippen LogP contribution in [0.25, 0.3) is 11.5 Å². The molecule has 1 heterocycles. The third-order valence-electron chi connectivity index (χ3n) is 4.37. The van der Waals surface area contributed by atoms with Crippen LogP contribution in [-0.2, 0) is 0 Å². The maximum absolute atomic E-state index is 13.8. The number of rotatable bonds is 2. The van der Waals surface area contributed by atoms with E-state index in [0.717, 1.165) is 25.7 Å². The van der Waals surface area contributed by atoms with Crippen LogP contribution in [-0.4, -0.2) is 10.1 Å². The lowest BCUT2D eigenvalue weighted by molar-refractivity contribution is 0.218. The normalized spacial score (nSPS) is 18.8. The topological polar surface area (TPSA) is 64.9 Å². The monoisotopic (exact) mass is 289 g/mol. The lowest BCUT2D eigenvalue weighted by atomic mass is 9.73. The van der Waals surface area contributed by atoms with Gasteiger partial charge in [-0.15, -0.1) is 0 Å². The molecule has 0 radical (unpaired) electrons. The molecule has 1 aromatic carbocycles. The Morgan fingerprint density at radius 2 is 2.00 bits per heavy atom. The predicted molar refractivity (Wildman–Crippen MR) is 79.1 cm³/mol. The highest BCUT2D eigenvalue weighted by Crippen LogP contribution is 2.41. The Morgan fingerprint density at radius 1 is 1.29 bits per heavy atom. The highest BCUT2D eigenvalue weighted by molar-refractivity contribution is 5.60. The number of hydrogen-bond acceptors (Lipinski definition) is 4. The van der Waals surface area contributed by atoms with E-state index in [4.69, 9.17) is 10.3 Å². The van der Waals surface area contributed by atoms with Gasteiger partial charge in [-0.1, -0.05) is 19.0 Å². The molecule has 0 atom stereocenters. The minimum atomic E-state index is -0.399. The molecular weight excluding hydrogens is 269 g/mol.